The zero-order valence-electron chi connectivity index (χ0n) is 8.18. The molecule has 0 fully saturated rings. The van der Waals surface area contributed by atoms with E-state index in [4.69, 9.17) is 5.73 Å². The van der Waals surface area contributed by atoms with E-state index in [-0.39, 0.29) is 18.3 Å². The van der Waals surface area contributed by atoms with Crippen LogP contribution in [-0.2, 0) is 4.79 Å². The Hall–Kier alpha value is -0.280. The van der Waals surface area contributed by atoms with Crippen LogP contribution in [0, 0.1) is 5.92 Å². The van der Waals surface area contributed by atoms with Gasteiger partial charge in [0.2, 0.25) is 5.91 Å². The molecule has 0 saturated heterocycles. The van der Waals surface area contributed by atoms with Gasteiger partial charge in [0.25, 0.3) is 0 Å². The summed E-state index contributed by atoms with van der Waals surface area (Å²) >= 11 is 0. The lowest BCUT2D eigenvalue weighted by Gasteiger charge is -2.18. The van der Waals surface area contributed by atoms with Crippen LogP contribution in [0.2, 0.25) is 0 Å². The molecule has 0 aromatic rings. The quantitative estimate of drug-likeness (QED) is 0.702. The summed E-state index contributed by atoms with van der Waals surface area (Å²) in [5.41, 5.74) is 4.80. The van der Waals surface area contributed by atoms with Crippen molar-refractivity contribution in [2.45, 2.75) is 33.2 Å². The minimum absolute atomic E-state index is 0. The fraction of sp³-hybridized carbons (Fsp3) is 0.875. The summed E-state index contributed by atoms with van der Waals surface area (Å²) in [7, 11) is 0. The first-order chi connectivity index (χ1) is 4.84. The SMILES string of the molecule is CC(C)CNC(=O)C(C)(C)N.Cl. The van der Waals surface area contributed by atoms with Crippen LogP contribution in [0.4, 0.5) is 0 Å². The van der Waals surface area contributed by atoms with Crippen molar-refractivity contribution in [2.24, 2.45) is 11.7 Å². The summed E-state index contributed by atoms with van der Waals surface area (Å²) in [4.78, 5) is 11.1. The largest absolute Gasteiger partial charge is 0.354 e. The Morgan fingerprint density at radius 1 is 1.50 bits per heavy atom. The first-order valence-corrected chi connectivity index (χ1v) is 3.91. The minimum Gasteiger partial charge on any atom is -0.354 e. The summed E-state index contributed by atoms with van der Waals surface area (Å²) in [5.74, 6) is 0.382. The van der Waals surface area contributed by atoms with Crippen LogP contribution in [0.15, 0.2) is 0 Å². The highest BCUT2D eigenvalue weighted by molar-refractivity contribution is 5.85. The molecule has 0 aromatic heterocycles. The van der Waals surface area contributed by atoms with Crippen LogP contribution < -0.4 is 11.1 Å². The molecule has 0 heterocycles. The third kappa shape index (κ3) is 6.43. The van der Waals surface area contributed by atoms with Gasteiger partial charge in [0.05, 0.1) is 5.54 Å². The van der Waals surface area contributed by atoms with E-state index >= 15 is 0 Å². The number of carbonyl (C=O) groups excluding carboxylic acids is 1. The predicted octanol–water partition coefficient (Wildman–Crippen LogP) is 0.918. The molecule has 3 N–H and O–H groups in total. The summed E-state index contributed by atoms with van der Waals surface area (Å²) in [5, 5.41) is 2.76. The number of hydrogen-bond acceptors (Lipinski definition) is 2. The van der Waals surface area contributed by atoms with Gasteiger partial charge in [-0.1, -0.05) is 13.8 Å². The second kappa shape index (κ2) is 5.38. The molecular weight excluding hydrogens is 176 g/mol. The van der Waals surface area contributed by atoms with Gasteiger partial charge in [-0.25, -0.2) is 0 Å². The zero-order chi connectivity index (χ0) is 9.07. The fourth-order valence-corrected chi connectivity index (χ4v) is 0.525. The molecule has 0 radical (unpaired) electrons. The van der Waals surface area contributed by atoms with Crippen molar-refractivity contribution in [3.05, 3.63) is 0 Å². The number of amides is 1. The number of nitrogens with two attached hydrogens (primary N) is 1. The molecule has 0 saturated carbocycles. The molecule has 12 heavy (non-hydrogen) atoms. The standard InChI is InChI=1S/C8H18N2O.ClH/c1-6(2)5-10-7(11)8(3,4)9;/h6H,5,9H2,1-4H3,(H,10,11);1H. The van der Waals surface area contributed by atoms with Crippen LogP contribution in [0.3, 0.4) is 0 Å². The minimum atomic E-state index is -0.755. The summed E-state index contributed by atoms with van der Waals surface area (Å²) in [6.45, 7) is 8.18. The third-order valence-corrected chi connectivity index (χ3v) is 1.26. The van der Waals surface area contributed by atoms with Crippen molar-refractivity contribution in [3.63, 3.8) is 0 Å². The molecular formula is C8H19ClN2O. The molecule has 0 aromatic carbocycles. The van der Waals surface area contributed by atoms with Crippen molar-refractivity contribution in [2.75, 3.05) is 6.54 Å². The zero-order valence-corrected chi connectivity index (χ0v) is 8.99. The molecule has 0 atom stereocenters. The lowest BCUT2D eigenvalue weighted by Crippen LogP contribution is -2.49. The van der Waals surface area contributed by atoms with E-state index < -0.39 is 5.54 Å². The van der Waals surface area contributed by atoms with Crippen molar-refractivity contribution < 1.29 is 4.79 Å². The number of halogens is 1. The molecule has 0 unspecified atom stereocenters. The van der Waals surface area contributed by atoms with E-state index in [1.807, 2.05) is 13.8 Å². The van der Waals surface area contributed by atoms with Gasteiger partial charge in [-0.2, -0.15) is 0 Å². The molecule has 3 nitrogen and oxygen atoms in total. The van der Waals surface area contributed by atoms with Crippen LogP contribution in [0.5, 0.6) is 0 Å². The van der Waals surface area contributed by atoms with Gasteiger partial charge < -0.3 is 11.1 Å². The maximum absolute atomic E-state index is 11.1. The van der Waals surface area contributed by atoms with Gasteiger partial charge >= 0.3 is 0 Å². The Morgan fingerprint density at radius 3 is 2.17 bits per heavy atom. The highest BCUT2D eigenvalue weighted by Gasteiger charge is 2.20. The molecule has 0 spiro atoms. The highest BCUT2D eigenvalue weighted by Crippen LogP contribution is 1.96. The van der Waals surface area contributed by atoms with E-state index in [9.17, 15) is 4.79 Å². The van der Waals surface area contributed by atoms with Crippen LogP contribution in [0.25, 0.3) is 0 Å². The number of carbonyl (C=O) groups is 1. The van der Waals surface area contributed by atoms with Crippen molar-refractivity contribution in [1.29, 1.82) is 0 Å². The molecule has 0 bridgehead atoms. The monoisotopic (exact) mass is 194 g/mol. The third-order valence-electron chi connectivity index (χ3n) is 1.26. The Bertz CT molecular complexity index is 140. The van der Waals surface area contributed by atoms with E-state index in [0.29, 0.717) is 12.5 Å². The van der Waals surface area contributed by atoms with E-state index in [0.717, 1.165) is 0 Å². The second-order valence-corrected chi connectivity index (χ2v) is 3.83. The fourth-order valence-electron chi connectivity index (χ4n) is 0.525. The summed E-state index contributed by atoms with van der Waals surface area (Å²) in [6, 6.07) is 0. The topological polar surface area (TPSA) is 55.1 Å². The van der Waals surface area contributed by atoms with Crippen LogP contribution in [-0.4, -0.2) is 18.0 Å². The molecule has 0 aliphatic heterocycles. The molecule has 0 rings (SSSR count). The van der Waals surface area contributed by atoms with Crippen LogP contribution in [0.1, 0.15) is 27.7 Å². The van der Waals surface area contributed by atoms with Crippen molar-refractivity contribution in [1.82, 2.24) is 5.32 Å². The van der Waals surface area contributed by atoms with Gasteiger partial charge in [0.15, 0.2) is 0 Å². The average Bonchev–Trinajstić information content (AvgIpc) is 1.80. The second-order valence-electron chi connectivity index (χ2n) is 3.83. The summed E-state index contributed by atoms with van der Waals surface area (Å²) < 4.78 is 0. The first kappa shape index (κ1) is 14.3. The lowest BCUT2D eigenvalue weighted by molar-refractivity contribution is -0.125. The highest BCUT2D eigenvalue weighted by atomic mass is 35.5. The number of hydrogen-bond donors (Lipinski definition) is 2. The van der Waals surface area contributed by atoms with Gasteiger partial charge in [0, 0.05) is 6.54 Å². The van der Waals surface area contributed by atoms with E-state index in [1.165, 1.54) is 0 Å². The van der Waals surface area contributed by atoms with Gasteiger partial charge in [-0.15, -0.1) is 12.4 Å². The Balaban J connectivity index is 0. The lowest BCUT2D eigenvalue weighted by atomic mass is 10.1. The average molecular weight is 195 g/mol. The Morgan fingerprint density at radius 2 is 1.92 bits per heavy atom. The predicted molar refractivity (Wildman–Crippen MR) is 53.4 cm³/mol. The maximum atomic E-state index is 11.1. The van der Waals surface area contributed by atoms with E-state index in [1.54, 1.807) is 13.8 Å². The maximum Gasteiger partial charge on any atom is 0.239 e. The van der Waals surface area contributed by atoms with Gasteiger partial charge in [-0.3, -0.25) is 4.79 Å². The van der Waals surface area contributed by atoms with Crippen molar-refractivity contribution in [3.8, 4) is 0 Å². The molecule has 4 heteroatoms. The number of nitrogens with one attached hydrogen (secondary N) is 1. The summed E-state index contributed by atoms with van der Waals surface area (Å²) in [6.07, 6.45) is 0. The van der Waals surface area contributed by atoms with Gasteiger partial charge in [-0.05, 0) is 19.8 Å². The van der Waals surface area contributed by atoms with Gasteiger partial charge in [0.1, 0.15) is 0 Å². The molecule has 74 valence electrons. The van der Waals surface area contributed by atoms with Crippen molar-refractivity contribution >= 4 is 18.3 Å². The molecule has 0 aliphatic carbocycles. The smallest absolute Gasteiger partial charge is 0.239 e. The Kier molecular flexibility index (Phi) is 6.39. The van der Waals surface area contributed by atoms with E-state index in [2.05, 4.69) is 5.32 Å². The first-order valence-electron chi connectivity index (χ1n) is 3.91. The molecule has 1 amide bonds. The molecule has 0 aliphatic rings. The normalized spacial score (nSPS) is 10.8. The van der Waals surface area contributed by atoms with Crippen LogP contribution >= 0.6 is 12.4 Å². The Labute approximate surface area is 80.5 Å². The number of rotatable bonds is 3.